The predicted octanol–water partition coefficient (Wildman–Crippen LogP) is 2.43. The molecule has 4 nitrogen and oxygen atoms in total. The second kappa shape index (κ2) is 6.29. The van der Waals surface area contributed by atoms with Gasteiger partial charge in [0, 0.05) is 19.0 Å². The Labute approximate surface area is 126 Å². The molecule has 0 bridgehead atoms. The van der Waals surface area contributed by atoms with Crippen molar-refractivity contribution in [2.24, 2.45) is 5.92 Å². The van der Waals surface area contributed by atoms with Gasteiger partial charge in [0.15, 0.2) is 0 Å². The summed E-state index contributed by atoms with van der Waals surface area (Å²) in [5.74, 6) is -0.266. The molecule has 1 aliphatic rings. The zero-order chi connectivity index (χ0) is 15.6. The summed E-state index contributed by atoms with van der Waals surface area (Å²) >= 11 is 0. The van der Waals surface area contributed by atoms with E-state index < -0.39 is 0 Å². The highest BCUT2D eigenvalue weighted by atomic mass is 16.2. The summed E-state index contributed by atoms with van der Waals surface area (Å²) in [4.78, 5) is 26.5. The van der Waals surface area contributed by atoms with E-state index in [-0.39, 0.29) is 29.8 Å². The van der Waals surface area contributed by atoms with Crippen LogP contribution in [-0.4, -0.2) is 29.3 Å². The maximum atomic E-state index is 12.5. The van der Waals surface area contributed by atoms with Gasteiger partial charge in [-0.2, -0.15) is 0 Å². The highest BCUT2D eigenvalue weighted by molar-refractivity contribution is 5.90. The van der Waals surface area contributed by atoms with Crippen molar-refractivity contribution in [1.29, 1.82) is 0 Å². The summed E-state index contributed by atoms with van der Waals surface area (Å²) in [5, 5.41) is 2.95. The summed E-state index contributed by atoms with van der Waals surface area (Å²) in [6, 6.07) is 7.94. The Hall–Kier alpha value is -1.84. The van der Waals surface area contributed by atoms with Gasteiger partial charge in [-0.15, -0.1) is 0 Å². The lowest BCUT2D eigenvalue weighted by atomic mass is 9.90. The van der Waals surface area contributed by atoms with Crippen molar-refractivity contribution < 1.29 is 9.59 Å². The lowest BCUT2D eigenvalue weighted by Gasteiger charge is -2.28. The van der Waals surface area contributed by atoms with Crippen LogP contribution in [0.3, 0.4) is 0 Å². The number of rotatable bonds is 4. The van der Waals surface area contributed by atoms with Crippen LogP contribution in [0.4, 0.5) is 0 Å². The minimum Gasteiger partial charge on any atom is -0.354 e. The predicted molar refractivity (Wildman–Crippen MR) is 82.7 cm³/mol. The van der Waals surface area contributed by atoms with Gasteiger partial charge in [-0.05, 0) is 38.8 Å². The average molecular weight is 288 g/mol. The molecule has 2 amide bonds. The Balaban J connectivity index is 2.38. The molecule has 1 aromatic carbocycles. The average Bonchev–Trinajstić information content (AvgIpc) is 2.75. The van der Waals surface area contributed by atoms with E-state index in [2.05, 4.69) is 5.32 Å². The number of amides is 2. The van der Waals surface area contributed by atoms with Crippen molar-refractivity contribution in [1.82, 2.24) is 10.2 Å². The minimum absolute atomic E-state index is 0.0254. The summed E-state index contributed by atoms with van der Waals surface area (Å²) in [7, 11) is 0. The topological polar surface area (TPSA) is 49.4 Å². The van der Waals surface area contributed by atoms with E-state index in [0.29, 0.717) is 13.0 Å². The molecule has 4 heteroatoms. The van der Waals surface area contributed by atoms with Crippen LogP contribution < -0.4 is 5.32 Å². The van der Waals surface area contributed by atoms with Crippen LogP contribution in [0.15, 0.2) is 24.3 Å². The molecule has 0 aliphatic carbocycles. The Bertz CT molecular complexity index is 539. The van der Waals surface area contributed by atoms with Gasteiger partial charge in [-0.3, -0.25) is 9.59 Å². The van der Waals surface area contributed by atoms with Crippen molar-refractivity contribution in [2.75, 3.05) is 6.54 Å². The Morgan fingerprint density at radius 1 is 1.38 bits per heavy atom. The molecule has 1 saturated heterocycles. The second-order valence-corrected chi connectivity index (χ2v) is 5.96. The van der Waals surface area contributed by atoms with Gasteiger partial charge in [-0.1, -0.05) is 24.3 Å². The standard InChI is InChI=1S/C17H24N2O2/c1-5-19-15(20)10-14(17(21)18-11(2)3)16(19)13-9-7-6-8-12(13)4/h6-9,11,14,16H,5,10H2,1-4H3,(H,18,21)/t14-,16+/m1/s1. The van der Waals surface area contributed by atoms with Gasteiger partial charge in [0.1, 0.15) is 0 Å². The molecule has 1 N–H and O–H groups in total. The first-order chi connectivity index (χ1) is 9.95. The van der Waals surface area contributed by atoms with E-state index in [1.54, 1.807) is 0 Å². The SMILES string of the molecule is CCN1C(=O)C[C@@H](C(=O)NC(C)C)[C@@H]1c1ccccc1C. The fourth-order valence-corrected chi connectivity index (χ4v) is 3.09. The minimum atomic E-state index is -0.305. The first kappa shape index (κ1) is 15.5. The molecule has 0 spiro atoms. The maximum Gasteiger partial charge on any atom is 0.226 e. The van der Waals surface area contributed by atoms with Crippen molar-refractivity contribution in [3.8, 4) is 0 Å². The van der Waals surface area contributed by atoms with Gasteiger partial charge < -0.3 is 10.2 Å². The molecule has 0 radical (unpaired) electrons. The quantitative estimate of drug-likeness (QED) is 0.925. The van der Waals surface area contributed by atoms with Crippen LogP contribution in [0.2, 0.25) is 0 Å². The number of hydrogen-bond acceptors (Lipinski definition) is 2. The van der Waals surface area contributed by atoms with Crippen molar-refractivity contribution in [3.05, 3.63) is 35.4 Å². The van der Waals surface area contributed by atoms with Crippen LogP contribution >= 0.6 is 0 Å². The maximum absolute atomic E-state index is 12.5. The highest BCUT2D eigenvalue weighted by Crippen LogP contribution is 2.39. The monoisotopic (exact) mass is 288 g/mol. The van der Waals surface area contributed by atoms with Gasteiger partial charge in [0.2, 0.25) is 11.8 Å². The number of likely N-dealkylation sites (tertiary alicyclic amines) is 1. The molecular weight excluding hydrogens is 264 g/mol. The van der Waals surface area contributed by atoms with E-state index >= 15 is 0 Å². The number of aryl methyl sites for hydroxylation is 1. The van der Waals surface area contributed by atoms with E-state index in [9.17, 15) is 9.59 Å². The van der Waals surface area contributed by atoms with Gasteiger partial charge in [-0.25, -0.2) is 0 Å². The molecule has 114 valence electrons. The summed E-state index contributed by atoms with van der Waals surface area (Å²) in [6.45, 7) is 8.50. The van der Waals surface area contributed by atoms with Crippen LogP contribution in [0.5, 0.6) is 0 Å². The van der Waals surface area contributed by atoms with Gasteiger partial charge in [0.05, 0.1) is 12.0 Å². The van der Waals surface area contributed by atoms with Gasteiger partial charge in [0.25, 0.3) is 0 Å². The molecule has 1 fully saturated rings. The second-order valence-electron chi connectivity index (χ2n) is 5.96. The lowest BCUT2D eigenvalue weighted by molar-refractivity contribution is -0.129. The molecule has 1 aromatic rings. The molecule has 1 heterocycles. The first-order valence-electron chi connectivity index (χ1n) is 7.61. The summed E-state index contributed by atoms with van der Waals surface area (Å²) in [5.41, 5.74) is 2.20. The molecule has 1 aliphatic heterocycles. The number of nitrogens with zero attached hydrogens (tertiary/aromatic N) is 1. The van der Waals surface area contributed by atoms with E-state index in [1.165, 1.54) is 0 Å². The van der Waals surface area contributed by atoms with Crippen LogP contribution in [0, 0.1) is 12.8 Å². The molecule has 0 unspecified atom stereocenters. The normalized spacial score (nSPS) is 22.0. The number of hydrogen-bond donors (Lipinski definition) is 1. The third-order valence-corrected chi connectivity index (χ3v) is 4.05. The molecule has 2 rings (SSSR count). The Morgan fingerprint density at radius 3 is 2.62 bits per heavy atom. The highest BCUT2D eigenvalue weighted by Gasteiger charge is 2.44. The summed E-state index contributed by atoms with van der Waals surface area (Å²) in [6.07, 6.45) is 0.297. The Morgan fingerprint density at radius 2 is 2.05 bits per heavy atom. The third kappa shape index (κ3) is 3.09. The number of carbonyl (C=O) groups is 2. The largest absolute Gasteiger partial charge is 0.354 e. The molecule has 0 saturated carbocycles. The van der Waals surface area contributed by atoms with Crippen LogP contribution in [-0.2, 0) is 9.59 Å². The molecule has 0 aromatic heterocycles. The number of carbonyl (C=O) groups excluding carboxylic acids is 2. The fraction of sp³-hybridized carbons (Fsp3) is 0.529. The Kier molecular flexibility index (Phi) is 4.66. The number of benzene rings is 1. The first-order valence-corrected chi connectivity index (χ1v) is 7.61. The van der Waals surface area contributed by atoms with Crippen LogP contribution in [0.25, 0.3) is 0 Å². The lowest BCUT2D eigenvalue weighted by Crippen LogP contribution is -2.38. The van der Waals surface area contributed by atoms with Crippen molar-refractivity contribution in [2.45, 2.75) is 46.2 Å². The smallest absolute Gasteiger partial charge is 0.226 e. The molecular formula is C17H24N2O2. The van der Waals surface area contributed by atoms with Crippen molar-refractivity contribution >= 4 is 11.8 Å². The van der Waals surface area contributed by atoms with Crippen molar-refractivity contribution in [3.63, 3.8) is 0 Å². The van der Waals surface area contributed by atoms with E-state index in [1.807, 2.05) is 56.9 Å². The van der Waals surface area contributed by atoms with Gasteiger partial charge >= 0.3 is 0 Å². The summed E-state index contributed by atoms with van der Waals surface area (Å²) < 4.78 is 0. The zero-order valence-electron chi connectivity index (χ0n) is 13.2. The fourth-order valence-electron chi connectivity index (χ4n) is 3.09. The van der Waals surface area contributed by atoms with Crippen LogP contribution in [0.1, 0.15) is 44.4 Å². The number of nitrogens with one attached hydrogen (secondary N) is 1. The zero-order valence-corrected chi connectivity index (χ0v) is 13.2. The molecule has 21 heavy (non-hydrogen) atoms. The third-order valence-electron chi connectivity index (χ3n) is 4.05. The molecule has 2 atom stereocenters. The van der Waals surface area contributed by atoms with E-state index in [0.717, 1.165) is 11.1 Å². The van der Waals surface area contributed by atoms with E-state index in [4.69, 9.17) is 0 Å².